The van der Waals surface area contributed by atoms with Gasteiger partial charge in [-0.3, -0.25) is 9.59 Å². The molecule has 2 heterocycles. The van der Waals surface area contributed by atoms with E-state index in [2.05, 4.69) is 15.6 Å². The SMILES string of the molecule is Nc1ccccc1NC(=O)CCCCCC(=O)Nc1ccc([C@H]2O[C@@H](Cn3cnc(Cl)c3Cl)C[C@@H](c3ccc(CO)cc3)O2)cc1. The van der Waals surface area contributed by atoms with E-state index >= 15 is 0 Å². The fourth-order valence-electron chi connectivity index (χ4n) is 5.24. The molecule has 1 saturated heterocycles. The first-order chi connectivity index (χ1) is 22.3. The molecule has 0 aliphatic carbocycles. The molecule has 1 fully saturated rings. The molecule has 0 unspecified atom stereocenters. The summed E-state index contributed by atoms with van der Waals surface area (Å²) in [5.41, 5.74) is 10.3. The summed E-state index contributed by atoms with van der Waals surface area (Å²) in [6.45, 7) is 0.400. The molecule has 10 nitrogen and oxygen atoms in total. The number of aliphatic hydroxyl groups is 1. The predicted molar refractivity (Wildman–Crippen MR) is 178 cm³/mol. The Bertz CT molecular complexity index is 1610. The molecule has 3 aromatic carbocycles. The van der Waals surface area contributed by atoms with E-state index in [-0.39, 0.29) is 35.8 Å². The Balaban J connectivity index is 1.12. The van der Waals surface area contributed by atoms with Gasteiger partial charge in [-0.05, 0) is 48.2 Å². The molecule has 2 amide bonds. The maximum atomic E-state index is 12.6. The molecule has 0 radical (unpaired) electrons. The number of ether oxygens (including phenoxy) is 2. The Hall–Kier alpha value is -3.93. The van der Waals surface area contributed by atoms with Crippen molar-refractivity contribution in [2.75, 3.05) is 16.4 Å². The van der Waals surface area contributed by atoms with Gasteiger partial charge in [-0.2, -0.15) is 0 Å². The van der Waals surface area contributed by atoms with E-state index in [0.717, 1.165) is 23.1 Å². The van der Waals surface area contributed by atoms with Crippen molar-refractivity contribution in [3.63, 3.8) is 0 Å². The van der Waals surface area contributed by atoms with Gasteiger partial charge in [0.15, 0.2) is 11.4 Å². The lowest BCUT2D eigenvalue weighted by atomic mass is 10.00. The van der Waals surface area contributed by atoms with E-state index in [1.165, 1.54) is 0 Å². The van der Waals surface area contributed by atoms with Crippen LogP contribution in [0.25, 0.3) is 0 Å². The Morgan fingerprint density at radius 1 is 0.891 bits per heavy atom. The largest absolute Gasteiger partial charge is 0.397 e. The smallest absolute Gasteiger partial charge is 0.224 e. The molecule has 1 aliphatic rings. The van der Waals surface area contributed by atoms with E-state index in [4.69, 9.17) is 38.4 Å². The van der Waals surface area contributed by atoms with Gasteiger partial charge in [0.25, 0.3) is 0 Å². The molecule has 4 aromatic rings. The van der Waals surface area contributed by atoms with Crippen LogP contribution in [0.4, 0.5) is 17.1 Å². The van der Waals surface area contributed by atoms with E-state index < -0.39 is 6.29 Å². The highest BCUT2D eigenvalue weighted by atomic mass is 35.5. The van der Waals surface area contributed by atoms with Crippen molar-refractivity contribution in [3.05, 3.63) is 106 Å². The predicted octanol–water partition coefficient (Wildman–Crippen LogP) is 7.04. The van der Waals surface area contributed by atoms with E-state index in [1.807, 2.05) is 60.7 Å². The van der Waals surface area contributed by atoms with Crippen molar-refractivity contribution in [2.24, 2.45) is 0 Å². The molecule has 0 spiro atoms. The number of amides is 2. The number of benzene rings is 3. The lowest BCUT2D eigenvalue weighted by molar-refractivity contribution is -0.252. The van der Waals surface area contributed by atoms with Gasteiger partial charge >= 0.3 is 0 Å². The maximum absolute atomic E-state index is 12.6. The summed E-state index contributed by atoms with van der Waals surface area (Å²) in [6.07, 6.45) is 3.77. The number of nitrogens with two attached hydrogens (primary N) is 1. The lowest BCUT2D eigenvalue weighted by Gasteiger charge is -2.36. The average molecular weight is 667 g/mol. The van der Waals surface area contributed by atoms with Gasteiger partial charge in [0.2, 0.25) is 11.8 Å². The minimum absolute atomic E-state index is 0.0346. The second-order valence-electron chi connectivity index (χ2n) is 11.2. The summed E-state index contributed by atoms with van der Waals surface area (Å²) >= 11 is 12.4. The van der Waals surface area contributed by atoms with Gasteiger partial charge < -0.3 is 35.5 Å². The summed E-state index contributed by atoms with van der Waals surface area (Å²) in [7, 11) is 0. The van der Waals surface area contributed by atoms with Crippen LogP contribution in [0.3, 0.4) is 0 Å². The van der Waals surface area contributed by atoms with Crippen LogP contribution in [-0.4, -0.2) is 32.6 Å². The van der Waals surface area contributed by atoms with Crippen LogP contribution in [0.5, 0.6) is 0 Å². The summed E-state index contributed by atoms with van der Waals surface area (Å²) in [5, 5.41) is 15.8. The number of anilines is 3. The molecule has 1 aliphatic heterocycles. The first-order valence-corrected chi connectivity index (χ1v) is 16.0. The van der Waals surface area contributed by atoms with Crippen molar-refractivity contribution >= 4 is 52.1 Å². The number of carbonyl (C=O) groups is 2. The van der Waals surface area contributed by atoms with Gasteiger partial charge in [-0.25, -0.2) is 4.98 Å². The topological polar surface area (TPSA) is 141 Å². The number of carbonyl (C=O) groups excluding carboxylic acids is 2. The van der Waals surface area contributed by atoms with E-state index in [1.54, 1.807) is 23.0 Å². The summed E-state index contributed by atoms with van der Waals surface area (Å²) in [4.78, 5) is 28.8. The number of nitrogens with zero attached hydrogens (tertiary/aromatic N) is 2. The Morgan fingerprint density at radius 3 is 2.22 bits per heavy atom. The number of para-hydroxylation sites is 2. The standard InChI is InChI=1S/C34H37Cl2N5O5/c35-32-33(36)41(21-38-32)19-26-18-29(23-12-10-22(20-42)11-13-23)46-34(45-26)24-14-16-25(17-15-24)39-30(43)8-2-1-3-9-31(44)40-28-7-5-4-6-27(28)37/h4-7,10-17,21,26,29,34,42H,1-3,8-9,18-20,37H2,(H,39,43)(H,40,44)/t26-,29+,34+/m1/s1. The second kappa shape index (κ2) is 16.1. The molecule has 3 atom stereocenters. The number of halogens is 2. The lowest BCUT2D eigenvalue weighted by Crippen LogP contribution is -2.32. The third-order valence-electron chi connectivity index (χ3n) is 7.76. The van der Waals surface area contributed by atoms with Gasteiger partial charge in [-0.1, -0.05) is 78.2 Å². The van der Waals surface area contributed by atoms with Crippen LogP contribution >= 0.6 is 23.2 Å². The minimum atomic E-state index is -0.667. The molecule has 1 aromatic heterocycles. The average Bonchev–Trinajstić information content (AvgIpc) is 3.38. The van der Waals surface area contributed by atoms with Crippen LogP contribution in [-0.2, 0) is 32.2 Å². The molecule has 242 valence electrons. The Labute approximate surface area is 277 Å². The third kappa shape index (κ3) is 9.08. The summed E-state index contributed by atoms with van der Waals surface area (Å²) < 4.78 is 14.5. The highest BCUT2D eigenvalue weighted by molar-refractivity contribution is 6.40. The fraction of sp³-hybridized carbons (Fsp3) is 0.324. The van der Waals surface area contributed by atoms with Crippen molar-refractivity contribution in [2.45, 2.75) is 70.2 Å². The van der Waals surface area contributed by atoms with E-state index in [9.17, 15) is 14.7 Å². The highest BCUT2D eigenvalue weighted by Crippen LogP contribution is 2.39. The number of hydrogen-bond donors (Lipinski definition) is 4. The molecule has 5 rings (SSSR count). The highest BCUT2D eigenvalue weighted by Gasteiger charge is 2.33. The summed E-state index contributed by atoms with van der Waals surface area (Å²) in [6, 6.07) is 22.2. The van der Waals surface area contributed by atoms with Gasteiger partial charge in [0, 0.05) is 30.5 Å². The zero-order chi connectivity index (χ0) is 32.5. The number of imidazole rings is 1. The number of rotatable bonds is 13. The quantitative estimate of drug-likeness (QED) is 0.0887. The number of aliphatic hydroxyl groups excluding tert-OH is 1. The summed E-state index contributed by atoms with van der Waals surface area (Å²) in [5.74, 6) is -0.192. The molecule has 0 saturated carbocycles. The maximum Gasteiger partial charge on any atom is 0.224 e. The molecule has 0 bridgehead atoms. The van der Waals surface area contributed by atoms with Crippen LogP contribution in [0, 0.1) is 0 Å². The van der Waals surface area contributed by atoms with Gasteiger partial charge in [-0.15, -0.1) is 0 Å². The number of aromatic nitrogens is 2. The first kappa shape index (κ1) is 33.4. The third-order valence-corrected chi connectivity index (χ3v) is 8.53. The number of unbranched alkanes of at least 4 members (excludes halogenated alkanes) is 2. The van der Waals surface area contributed by atoms with Crippen molar-refractivity contribution in [1.82, 2.24) is 9.55 Å². The van der Waals surface area contributed by atoms with Crippen LogP contribution in [0.15, 0.2) is 79.1 Å². The fourth-order valence-corrected chi connectivity index (χ4v) is 5.55. The zero-order valence-electron chi connectivity index (χ0n) is 25.2. The van der Waals surface area contributed by atoms with E-state index in [0.29, 0.717) is 60.9 Å². The molecular weight excluding hydrogens is 629 g/mol. The number of nitrogens with one attached hydrogen (secondary N) is 2. The minimum Gasteiger partial charge on any atom is -0.397 e. The van der Waals surface area contributed by atoms with Crippen molar-refractivity contribution in [1.29, 1.82) is 0 Å². The molecular formula is C34H37Cl2N5O5. The number of nitrogen functional groups attached to an aromatic ring is 1. The number of hydrogen-bond acceptors (Lipinski definition) is 7. The van der Waals surface area contributed by atoms with Crippen LogP contribution in [0.2, 0.25) is 10.3 Å². The normalized spacial score (nSPS) is 17.8. The molecule has 12 heteroatoms. The van der Waals surface area contributed by atoms with Gasteiger partial charge in [0.1, 0.15) is 5.15 Å². The van der Waals surface area contributed by atoms with Gasteiger partial charge in [0.05, 0.1) is 43.1 Å². The Morgan fingerprint density at radius 2 is 1.57 bits per heavy atom. The second-order valence-corrected chi connectivity index (χ2v) is 11.9. The van der Waals surface area contributed by atoms with Crippen LogP contribution < -0.4 is 16.4 Å². The zero-order valence-corrected chi connectivity index (χ0v) is 26.7. The van der Waals surface area contributed by atoms with Crippen molar-refractivity contribution < 1.29 is 24.2 Å². The molecule has 46 heavy (non-hydrogen) atoms. The monoisotopic (exact) mass is 665 g/mol. The Kier molecular flexibility index (Phi) is 11.7. The molecule has 5 N–H and O–H groups in total. The van der Waals surface area contributed by atoms with Crippen LogP contribution in [0.1, 0.15) is 67.6 Å². The first-order valence-electron chi connectivity index (χ1n) is 15.2. The van der Waals surface area contributed by atoms with Crippen molar-refractivity contribution in [3.8, 4) is 0 Å².